The first-order valence-electron chi connectivity index (χ1n) is 9.87. The van der Waals surface area contributed by atoms with E-state index in [9.17, 15) is 14.4 Å². The van der Waals surface area contributed by atoms with Gasteiger partial charge in [0, 0.05) is 24.3 Å². The molecule has 0 aliphatic carbocycles. The van der Waals surface area contributed by atoms with Crippen molar-refractivity contribution < 1.29 is 23.9 Å². The van der Waals surface area contributed by atoms with E-state index < -0.39 is 5.91 Å². The van der Waals surface area contributed by atoms with Gasteiger partial charge in [0.2, 0.25) is 5.91 Å². The fourth-order valence-electron chi connectivity index (χ4n) is 3.29. The van der Waals surface area contributed by atoms with E-state index in [-0.39, 0.29) is 25.0 Å². The van der Waals surface area contributed by atoms with Crippen LogP contribution in [-0.2, 0) is 9.59 Å². The molecule has 9 heteroatoms. The van der Waals surface area contributed by atoms with Gasteiger partial charge in [-0.3, -0.25) is 19.3 Å². The van der Waals surface area contributed by atoms with Gasteiger partial charge in [-0.25, -0.2) is 0 Å². The number of amides is 3. The number of halogens is 1. The third kappa shape index (κ3) is 4.91. The lowest BCUT2D eigenvalue weighted by molar-refractivity contribution is -0.123. The van der Waals surface area contributed by atoms with Gasteiger partial charge >= 0.3 is 0 Å². The molecule has 3 amide bonds. The maximum Gasteiger partial charge on any atom is 0.265 e. The number of hydrogen-bond donors (Lipinski definition) is 1. The normalized spacial score (nSPS) is 12.6. The topological polar surface area (TPSA) is 88.2 Å². The summed E-state index contributed by atoms with van der Waals surface area (Å²) in [6.07, 6.45) is 0. The zero-order valence-corrected chi connectivity index (χ0v) is 18.4. The maximum absolute atomic E-state index is 12.7. The summed E-state index contributed by atoms with van der Waals surface area (Å²) in [5.74, 6) is -0.00723. The number of carbonyl (C=O) groups is 3. The average molecular weight is 446 g/mol. The third-order valence-corrected chi connectivity index (χ3v) is 5.23. The molecule has 2 aromatic rings. The molecule has 1 N–H and O–H groups in total. The Morgan fingerprint density at radius 1 is 1.19 bits per heavy atom. The van der Waals surface area contributed by atoms with Crippen molar-refractivity contribution in [3.05, 3.63) is 47.0 Å². The molecular formula is C22H24ClN3O5. The molecule has 1 aliphatic heterocycles. The van der Waals surface area contributed by atoms with Crippen molar-refractivity contribution in [2.45, 2.75) is 13.8 Å². The molecule has 0 spiro atoms. The molecular weight excluding hydrogens is 422 g/mol. The van der Waals surface area contributed by atoms with Crippen LogP contribution in [0.3, 0.4) is 0 Å². The van der Waals surface area contributed by atoms with E-state index in [0.29, 0.717) is 46.5 Å². The van der Waals surface area contributed by atoms with E-state index in [2.05, 4.69) is 5.32 Å². The molecule has 164 valence electrons. The quantitative estimate of drug-likeness (QED) is 0.707. The first-order chi connectivity index (χ1) is 14.9. The molecule has 0 bridgehead atoms. The van der Waals surface area contributed by atoms with E-state index in [1.54, 1.807) is 41.3 Å². The Labute approximate surface area is 185 Å². The highest BCUT2D eigenvalue weighted by atomic mass is 35.5. The van der Waals surface area contributed by atoms with Gasteiger partial charge in [0.25, 0.3) is 11.8 Å². The van der Waals surface area contributed by atoms with Crippen molar-refractivity contribution in [3.8, 4) is 11.5 Å². The van der Waals surface area contributed by atoms with Crippen LogP contribution in [0.15, 0.2) is 36.4 Å². The number of fused-ring (bicyclic) bond motifs is 1. The number of nitrogens with zero attached hydrogens (tertiary/aromatic N) is 2. The Bertz CT molecular complexity index is 1010. The molecule has 31 heavy (non-hydrogen) atoms. The molecule has 0 aromatic heterocycles. The van der Waals surface area contributed by atoms with Crippen LogP contribution in [0.5, 0.6) is 11.5 Å². The second-order valence-corrected chi connectivity index (χ2v) is 7.23. The maximum atomic E-state index is 12.7. The molecule has 0 radical (unpaired) electrons. The highest BCUT2D eigenvalue weighted by molar-refractivity contribution is 6.32. The lowest BCUT2D eigenvalue weighted by Gasteiger charge is -2.29. The minimum atomic E-state index is -0.414. The first kappa shape index (κ1) is 22.4. The second-order valence-electron chi connectivity index (χ2n) is 6.83. The average Bonchev–Trinajstić information content (AvgIpc) is 2.76. The predicted octanol–water partition coefficient (Wildman–Crippen LogP) is 3.19. The monoisotopic (exact) mass is 445 g/mol. The summed E-state index contributed by atoms with van der Waals surface area (Å²) in [5.41, 5.74) is 1.28. The zero-order valence-electron chi connectivity index (χ0n) is 17.6. The largest absolute Gasteiger partial charge is 0.495 e. The molecule has 3 rings (SSSR count). The van der Waals surface area contributed by atoms with Gasteiger partial charge in [0.1, 0.15) is 18.0 Å². The summed E-state index contributed by atoms with van der Waals surface area (Å²) in [6.45, 7) is 4.51. The number of carbonyl (C=O) groups excluding carboxylic acids is 3. The number of nitrogens with one attached hydrogen (secondary N) is 1. The van der Waals surface area contributed by atoms with Gasteiger partial charge in [-0.1, -0.05) is 11.6 Å². The van der Waals surface area contributed by atoms with E-state index in [1.807, 2.05) is 13.8 Å². The van der Waals surface area contributed by atoms with E-state index in [4.69, 9.17) is 21.1 Å². The number of ether oxygens (including phenoxy) is 2. The van der Waals surface area contributed by atoms with Gasteiger partial charge in [-0.15, -0.1) is 0 Å². The highest BCUT2D eigenvalue weighted by Gasteiger charge is 2.29. The van der Waals surface area contributed by atoms with Crippen LogP contribution in [-0.4, -0.2) is 56.0 Å². The van der Waals surface area contributed by atoms with Crippen molar-refractivity contribution in [1.82, 2.24) is 4.90 Å². The number of anilines is 2. The van der Waals surface area contributed by atoms with Crippen LogP contribution in [0.25, 0.3) is 0 Å². The Balaban J connectivity index is 1.81. The van der Waals surface area contributed by atoms with Crippen LogP contribution < -0.4 is 19.7 Å². The third-order valence-electron chi connectivity index (χ3n) is 4.94. The van der Waals surface area contributed by atoms with E-state index >= 15 is 0 Å². The number of benzene rings is 2. The van der Waals surface area contributed by atoms with Crippen LogP contribution in [0, 0.1) is 0 Å². The number of methoxy groups -OCH3 is 1. The number of rotatable bonds is 7. The van der Waals surface area contributed by atoms with Crippen LogP contribution >= 0.6 is 11.6 Å². The summed E-state index contributed by atoms with van der Waals surface area (Å²) >= 11 is 6.10. The van der Waals surface area contributed by atoms with Gasteiger partial charge in [0.15, 0.2) is 6.61 Å². The fourth-order valence-corrected chi connectivity index (χ4v) is 3.55. The van der Waals surface area contributed by atoms with Gasteiger partial charge in [-0.2, -0.15) is 0 Å². The molecule has 8 nitrogen and oxygen atoms in total. The lowest BCUT2D eigenvalue weighted by Crippen LogP contribution is -2.43. The van der Waals surface area contributed by atoms with Crippen molar-refractivity contribution in [2.24, 2.45) is 0 Å². The van der Waals surface area contributed by atoms with Crippen molar-refractivity contribution >= 4 is 40.7 Å². The Morgan fingerprint density at radius 2 is 1.94 bits per heavy atom. The minimum absolute atomic E-state index is 0.150. The summed E-state index contributed by atoms with van der Waals surface area (Å²) in [7, 11) is 1.50. The summed E-state index contributed by atoms with van der Waals surface area (Å²) in [6, 6.07) is 9.75. The van der Waals surface area contributed by atoms with E-state index in [1.165, 1.54) is 12.0 Å². The predicted molar refractivity (Wildman–Crippen MR) is 118 cm³/mol. The standard InChI is InChI=1S/C22H24ClN3O5/c1-4-25(5-2)22(29)14-6-8-19-17(10-14)26(21(28)13-31-19)12-20(27)24-15-7-9-18(30-3)16(23)11-15/h6-11H,4-5,12-13H2,1-3H3,(H,24,27). The minimum Gasteiger partial charge on any atom is -0.495 e. The van der Waals surface area contributed by atoms with Crippen LogP contribution in [0.4, 0.5) is 11.4 Å². The second kappa shape index (κ2) is 9.70. The summed E-state index contributed by atoms with van der Waals surface area (Å²) < 4.78 is 10.6. The summed E-state index contributed by atoms with van der Waals surface area (Å²) in [4.78, 5) is 40.8. The van der Waals surface area contributed by atoms with Crippen molar-refractivity contribution in [1.29, 1.82) is 0 Å². The van der Waals surface area contributed by atoms with Crippen molar-refractivity contribution in [3.63, 3.8) is 0 Å². The zero-order chi connectivity index (χ0) is 22.5. The van der Waals surface area contributed by atoms with Gasteiger partial charge < -0.3 is 19.7 Å². The molecule has 1 heterocycles. The molecule has 2 aromatic carbocycles. The van der Waals surface area contributed by atoms with Crippen LogP contribution in [0.1, 0.15) is 24.2 Å². The summed E-state index contributed by atoms with van der Waals surface area (Å²) in [5, 5.41) is 3.07. The molecule has 0 unspecified atom stereocenters. The molecule has 0 fully saturated rings. The van der Waals surface area contributed by atoms with Crippen LogP contribution in [0.2, 0.25) is 5.02 Å². The number of hydrogen-bond acceptors (Lipinski definition) is 5. The Morgan fingerprint density at radius 3 is 2.58 bits per heavy atom. The Kier molecular flexibility index (Phi) is 7.02. The first-order valence-corrected chi connectivity index (χ1v) is 10.3. The van der Waals surface area contributed by atoms with Crippen molar-refractivity contribution in [2.75, 3.05) is 43.6 Å². The smallest absolute Gasteiger partial charge is 0.265 e. The van der Waals surface area contributed by atoms with Gasteiger partial charge in [-0.05, 0) is 50.2 Å². The van der Waals surface area contributed by atoms with E-state index in [0.717, 1.165) is 0 Å². The van der Waals surface area contributed by atoms with Gasteiger partial charge in [0.05, 0.1) is 17.8 Å². The highest BCUT2D eigenvalue weighted by Crippen LogP contribution is 2.33. The SMILES string of the molecule is CCN(CC)C(=O)c1ccc2c(c1)N(CC(=O)Nc1ccc(OC)c(Cl)c1)C(=O)CO2. The molecule has 1 aliphatic rings. The molecule has 0 saturated carbocycles. The fraction of sp³-hybridized carbons (Fsp3) is 0.318. The lowest BCUT2D eigenvalue weighted by atomic mass is 10.1. The molecule has 0 atom stereocenters. The Hall–Kier alpha value is -3.26. The molecule has 0 saturated heterocycles.